The van der Waals surface area contributed by atoms with Crippen LogP contribution in [0.3, 0.4) is 0 Å². The lowest BCUT2D eigenvalue weighted by atomic mass is 10.00. The molecule has 2 rings (SSSR count). The first-order valence-corrected chi connectivity index (χ1v) is 8.49. The van der Waals surface area contributed by atoms with Crippen LogP contribution >= 0.6 is 0 Å². The van der Waals surface area contributed by atoms with Crippen molar-refractivity contribution in [3.05, 3.63) is 24.3 Å². The van der Waals surface area contributed by atoms with Crippen LogP contribution in [0, 0.1) is 5.92 Å². The number of hydrogen-bond acceptors (Lipinski definition) is 3. The average molecular weight is 290 g/mol. The van der Waals surface area contributed by atoms with Crippen molar-refractivity contribution in [1.82, 2.24) is 0 Å². The second kappa shape index (κ2) is 8.28. The van der Waals surface area contributed by atoms with Gasteiger partial charge in [0.1, 0.15) is 0 Å². The zero-order valence-electron chi connectivity index (χ0n) is 13.5. The molecule has 0 bridgehead atoms. The minimum atomic E-state index is -0.226. The van der Waals surface area contributed by atoms with Crippen molar-refractivity contribution in [3.8, 4) is 0 Å². The summed E-state index contributed by atoms with van der Waals surface area (Å²) >= 11 is 0. The lowest BCUT2D eigenvalue weighted by molar-refractivity contribution is 0.155. The number of nitrogens with zero attached hydrogens (tertiary/aromatic N) is 1. The standard InChI is InChI=1S/C18H30N2O/c1-3-20(4-2)17-11-9-16(10-12-17)19-14-18(21)13-15-7-5-6-8-15/h9-12,15,18-19,21H,3-8,13-14H2,1-2H3. The van der Waals surface area contributed by atoms with Crippen LogP contribution in [0.15, 0.2) is 24.3 Å². The van der Waals surface area contributed by atoms with Gasteiger partial charge in [0.15, 0.2) is 0 Å². The normalized spacial score (nSPS) is 16.9. The number of benzene rings is 1. The maximum Gasteiger partial charge on any atom is 0.0715 e. The van der Waals surface area contributed by atoms with Crippen LogP contribution in [0.2, 0.25) is 0 Å². The Bertz CT molecular complexity index is 394. The highest BCUT2D eigenvalue weighted by Crippen LogP contribution is 2.28. The molecule has 3 heteroatoms. The van der Waals surface area contributed by atoms with Crippen molar-refractivity contribution >= 4 is 11.4 Å². The first-order chi connectivity index (χ1) is 10.2. The topological polar surface area (TPSA) is 35.5 Å². The average Bonchev–Trinajstić information content (AvgIpc) is 3.00. The first-order valence-electron chi connectivity index (χ1n) is 8.49. The van der Waals surface area contributed by atoms with Crippen LogP contribution < -0.4 is 10.2 Å². The monoisotopic (exact) mass is 290 g/mol. The molecule has 0 aromatic heterocycles. The SMILES string of the molecule is CCN(CC)c1ccc(NCC(O)CC2CCCC2)cc1. The summed E-state index contributed by atoms with van der Waals surface area (Å²) in [7, 11) is 0. The van der Waals surface area contributed by atoms with Crippen molar-refractivity contribution < 1.29 is 5.11 Å². The molecular weight excluding hydrogens is 260 g/mol. The third kappa shape index (κ3) is 4.92. The van der Waals surface area contributed by atoms with Gasteiger partial charge in [0.25, 0.3) is 0 Å². The summed E-state index contributed by atoms with van der Waals surface area (Å²) in [5.74, 6) is 0.742. The molecule has 0 radical (unpaired) electrons. The Morgan fingerprint density at radius 2 is 1.76 bits per heavy atom. The summed E-state index contributed by atoms with van der Waals surface area (Å²) in [4.78, 5) is 2.33. The van der Waals surface area contributed by atoms with Gasteiger partial charge in [-0.15, -0.1) is 0 Å². The lowest BCUT2D eigenvalue weighted by Gasteiger charge is -2.21. The van der Waals surface area contributed by atoms with Crippen molar-refractivity contribution in [3.63, 3.8) is 0 Å². The summed E-state index contributed by atoms with van der Waals surface area (Å²) in [6, 6.07) is 8.52. The third-order valence-corrected chi connectivity index (χ3v) is 4.62. The molecule has 0 amide bonds. The van der Waals surface area contributed by atoms with Crippen LogP contribution in [0.4, 0.5) is 11.4 Å². The van der Waals surface area contributed by atoms with Gasteiger partial charge in [-0.3, -0.25) is 0 Å². The zero-order chi connectivity index (χ0) is 15.1. The predicted octanol–water partition coefficient (Wildman–Crippen LogP) is 3.89. The van der Waals surface area contributed by atoms with E-state index in [9.17, 15) is 5.11 Å². The van der Waals surface area contributed by atoms with E-state index in [4.69, 9.17) is 0 Å². The van der Waals surface area contributed by atoms with E-state index in [1.807, 2.05) is 0 Å². The molecule has 1 saturated carbocycles. The Balaban J connectivity index is 1.77. The second-order valence-corrected chi connectivity index (χ2v) is 6.14. The fourth-order valence-corrected chi connectivity index (χ4v) is 3.33. The largest absolute Gasteiger partial charge is 0.391 e. The molecule has 0 heterocycles. The maximum atomic E-state index is 10.1. The predicted molar refractivity (Wildman–Crippen MR) is 91.1 cm³/mol. The number of rotatable bonds is 8. The van der Waals surface area contributed by atoms with E-state index in [0.29, 0.717) is 6.54 Å². The highest BCUT2D eigenvalue weighted by Gasteiger charge is 2.18. The Morgan fingerprint density at radius 1 is 1.14 bits per heavy atom. The van der Waals surface area contributed by atoms with Gasteiger partial charge in [-0.25, -0.2) is 0 Å². The summed E-state index contributed by atoms with van der Waals surface area (Å²) in [6.45, 7) is 7.07. The highest BCUT2D eigenvalue weighted by atomic mass is 16.3. The van der Waals surface area contributed by atoms with Crippen LogP contribution in [0.1, 0.15) is 46.0 Å². The quantitative estimate of drug-likeness (QED) is 0.762. The number of aliphatic hydroxyl groups is 1. The summed E-state index contributed by atoms with van der Waals surface area (Å²) in [6.07, 6.45) is 6.01. The van der Waals surface area contributed by atoms with Crippen molar-refractivity contribution in [2.24, 2.45) is 5.92 Å². The molecule has 21 heavy (non-hydrogen) atoms. The molecule has 1 aromatic rings. The van der Waals surface area contributed by atoms with E-state index in [0.717, 1.165) is 31.1 Å². The van der Waals surface area contributed by atoms with Gasteiger partial charge in [0.05, 0.1) is 6.10 Å². The van der Waals surface area contributed by atoms with Crippen LogP contribution in [-0.4, -0.2) is 30.8 Å². The molecule has 1 unspecified atom stereocenters. The van der Waals surface area contributed by atoms with Gasteiger partial charge in [-0.1, -0.05) is 25.7 Å². The molecular formula is C18H30N2O. The molecule has 1 aliphatic rings. The van der Waals surface area contributed by atoms with Gasteiger partial charge in [-0.2, -0.15) is 0 Å². The van der Waals surface area contributed by atoms with E-state index in [1.165, 1.54) is 31.4 Å². The van der Waals surface area contributed by atoms with Crippen molar-refractivity contribution in [2.75, 3.05) is 29.9 Å². The number of hydrogen-bond donors (Lipinski definition) is 2. The maximum absolute atomic E-state index is 10.1. The highest BCUT2D eigenvalue weighted by molar-refractivity contribution is 5.55. The molecule has 0 aliphatic heterocycles. The fraction of sp³-hybridized carbons (Fsp3) is 0.667. The molecule has 0 spiro atoms. The molecule has 0 saturated heterocycles. The van der Waals surface area contributed by atoms with E-state index in [2.05, 4.69) is 48.3 Å². The fourth-order valence-electron chi connectivity index (χ4n) is 3.33. The molecule has 1 fully saturated rings. The Kier molecular flexibility index (Phi) is 6.37. The minimum Gasteiger partial charge on any atom is -0.391 e. The molecule has 1 atom stereocenters. The zero-order valence-corrected chi connectivity index (χ0v) is 13.5. The lowest BCUT2D eigenvalue weighted by Crippen LogP contribution is -2.22. The van der Waals surface area contributed by atoms with Gasteiger partial charge in [0, 0.05) is 31.0 Å². The van der Waals surface area contributed by atoms with E-state index in [1.54, 1.807) is 0 Å². The molecule has 2 N–H and O–H groups in total. The Morgan fingerprint density at radius 3 is 2.33 bits per heavy atom. The summed E-state index contributed by atoms with van der Waals surface area (Å²) in [5, 5.41) is 13.5. The minimum absolute atomic E-state index is 0.226. The van der Waals surface area contributed by atoms with Gasteiger partial charge >= 0.3 is 0 Å². The first kappa shape index (κ1) is 16.2. The van der Waals surface area contributed by atoms with Crippen molar-refractivity contribution in [2.45, 2.75) is 52.1 Å². The smallest absolute Gasteiger partial charge is 0.0715 e. The second-order valence-electron chi connectivity index (χ2n) is 6.14. The van der Waals surface area contributed by atoms with Gasteiger partial charge < -0.3 is 15.3 Å². The van der Waals surface area contributed by atoms with Gasteiger partial charge in [-0.05, 0) is 50.5 Å². The van der Waals surface area contributed by atoms with E-state index < -0.39 is 0 Å². The number of nitrogens with one attached hydrogen (secondary N) is 1. The summed E-state index contributed by atoms with van der Waals surface area (Å²) in [5.41, 5.74) is 2.36. The number of aliphatic hydroxyl groups excluding tert-OH is 1. The molecule has 118 valence electrons. The molecule has 1 aromatic carbocycles. The van der Waals surface area contributed by atoms with Crippen molar-refractivity contribution in [1.29, 1.82) is 0 Å². The Hall–Kier alpha value is -1.22. The van der Waals surface area contributed by atoms with Crippen LogP contribution in [-0.2, 0) is 0 Å². The third-order valence-electron chi connectivity index (χ3n) is 4.62. The molecule has 1 aliphatic carbocycles. The number of anilines is 2. The van der Waals surface area contributed by atoms with Crippen LogP contribution in [0.25, 0.3) is 0 Å². The van der Waals surface area contributed by atoms with E-state index in [-0.39, 0.29) is 6.10 Å². The molecule has 3 nitrogen and oxygen atoms in total. The van der Waals surface area contributed by atoms with Gasteiger partial charge in [0.2, 0.25) is 0 Å². The summed E-state index contributed by atoms with van der Waals surface area (Å²) < 4.78 is 0. The van der Waals surface area contributed by atoms with E-state index >= 15 is 0 Å². The van der Waals surface area contributed by atoms with Crippen LogP contribution in [0.5, 0.6) is 0 Å². The Labute approximate surface area is 129 Å².